The van der Waals surface area contributed by atoms with Crippen molar-refractivity contribution in [2.24, 2.45) is 17.3 Å². The Hall–Kier alpha value is -0.320. The van der Waals surface area contributed by atoms with Crippen LogP contribution >= 0.6 is 12.4 Å². The third-order valence-corrected chi connectivity index (χ3v) is 7.54. The van der Waals surface area contributed by atoms with E-state index in [0.717, 1.165) is 51.4 Å². The zero-order valence-corrected chi connectivity index (χ0v) is 17.2. The Morgan fingerprint density at radius 3 is 2.42 bits per heavy atom. The second-order valence-electron chi connectivity index (χ2n) is 9.24. The number of carbonyl (C=O) groups excluding carboxylic acids is 1. The van der Waals surface area contributed by atoms with Crippen LogP contribution in [0.1, 0.15) is 71.1 Å². The second kappa shape index (κ2) is 8.79. The molecular weight excluding hydrogens is 348 g/mol. The van der Waals surface area contributed by atoms with Crippen LogP contribution in [0, 0.1) is 17.3 Å². The van der Waals surface area contributed by atoms with Crippen molar-refractivity contribution in [2.45, 2.75) is 83.3 Å². The molecule has 26 heavy (non-hydrogen) atoms. The molecular formula is C21H37ClN2O2. The summed E-state index contributed by atoms with van der Waals surface area (Å²) in [6.07, 6.45) is 12.9. The van der Waals surface area contributed by atoms with Crippen molar-refractivity contribution in [1.82, 2.24) is 10.2 Å². The maximum Gasteiger partial charge on any atom is 0.230 e. The summed E-state index contributed by atoms with van der Waals surface area (Å²) in [5.74, 6) is 1.90. The minimum Gasteiger partial charge on any atom is -0.375 e. The van der Waals surface area contributed by atoms with Gasteiger partial charge in [0.1, 0.15) is 0 Å². The number of nitrogens with zero attached hydrogens (tertiary/aromatic N) is 1. The van der Waals surface area contributed by atoms with Gasteiger partial charge in [0.2, 0.25) is 5.91 Å². The fourth-order valence-corrected chi connectivity index (χ4v) is 5.82. The van der Waals surface area contributed by atoms with Gasteiger partial charge >= 0.3 is 0 Å². The molecule has 4 rings (SSSR count). The average Bonchev–Trinajstić information content (AvgIpc) is 3.09. The minimum atomic E-state index is -0.0779. The van der Waals surface area contributed by atoms with Crippen LogP contribution in [0.2, 0.25) is 0 Å². The van der Waals surface area contributed by atoms with E-state index in [2.05, 4.69) is 17.1 Å². The highest BCUT2D eigenvalue weighted by Gasteiger charge is 2.51. The molecule has 2 aliphatic carbocycles. The third-order valence-electron chi connectivity index (χ3n) is 7.54. The Labute approximate surface area is 165 Å². The number of rotatable bonds is 3. The maximum absolute atomic E-state index is 13.3. The van der Waals surface area contributed by atoms with Crippen LogP contribution in [0.5, 0.6) is 0 Å². The first-order chi connectivity index (χ1) is 12.2. The third kappa shape index (κ3) is 4.07. The molecule has 1 N–H and O–H groups in total. The lowest BCUT2D eigenvalue weighted by Crippen LogP contribution is -2.52. The highest BCUT2D eigenvalue weighted by atomic mass is 35.5. The van der Waals surface area contributed by atoms with E-state index in [9.17, 15) is 4.79 Å². The van der Waals surface area contributed by atoms with Gasteiger partial charge in [-0.15, -0.1) is 12.4 Å². The lowest BCUT2D eigenvalue weighted by atomic mass is 9.67. The average molecular weight is 385 g/mol. The van der Waals surface area contributed by atoms with Crippen molar-refractivity contribution in [2.75, 3.05) is 26.2 Å². The van der Waals surface area contributed by atoms with Crippen LogP contribution in [-0.4, -0.2) is 49.2 Å². The van der Waals surface area contributed by atoms with Crippen molar-refractivity contribution in [3.05, 3.63) is 0 Å². The normalized spacial score (nSPS) is 38.5. The van der Waals surface area contributed by atoms with Gasteiger partial charge in [0.05, 0.1) is 17.6 Å². The monoisotopic (exact) mass is 384 g/mol. The molecule has 150 valence electrons. The number of fused-ring (bicyclic) bond motifs is 1. The number of hydrogen-bond donors (Lipinski definition) is 1. The molecule has 4 aliphatic rings. The zero-order valence-electron chi connectivity index (χ0n) is 16.4. The summed E-state index contributed by atoms with van der Waals surface area (Å²) in [6, 6.07) is 0. The van der Waals surface area contributed by atoms with Crippen LogP contribution < -0.4 is 5.32 Å². The summed E-state index contributed by atoms with van der Waals surface area (Å²) in [7, 11) is 0. The Morgan fingerprint density at radius 1 is 1.00 bits per heavy atom. The fraction of sp³-hybridized carbons (Fsp3) is 0.952. The smallest absolute Gasteiger partial charge is 0.230 e. The summed E-state index contributed by atoms with van der Waals surface area (Å²) in [5, 5.41) is 3.52. The molecule has 5 heteroatoms. The van der Waals surface area contributed by atoms with Crippen LogP contribution in [-0.2, 0) is 9.53 Å². The van der Waals surface area contributed by atoms with E-state index >= 15 is 0 Å². The van der Waals surface area contributed by atoms with Crippen molar-refractivity contribution >= 4 is 18.3 Å². The first-order valence-electron chi connectivity index (χ1n) is 10.8. The molecule has 4 fully saturated rings. The first-order valence-corrected chi connectivity index (χ1v) is 10.8. The molecule has 0 bridgehead atoms. The quantitative estimate of drug-likeness (QED) is 0.805. The van der Waals surface area contributed by atoms with Gasteiger partial charge in [-0.2, -0.15) is 0 Å². The summed E-state index contributed by atoms with van der Waals surface area (Å²) < 4.78 is 6.39. The number of nitrogens with one attached hydrogen (secondary N) is 1. The molecule has 2 aliphatic heterocycles. The van der Waals surface area contributed by atoms with Gasteiger partial charge in [0.25, 0.3) is 0 Å². The lowest BCUT2D eigenvalue weighted by molar-refractivity contribution is -0.149. The van der Waals surface area contributed by atoms with Gasteiger partial charge in [-0.1, -0.05) is 19.8 Å². The highest BCUT2D eigenvalue weighted by molar-refractivity contribution is 5.85. The van der Waals surface area contributed by atoms with E-state index in [-0.39, 0.29) is 17.8 Å². The van der Waals surface area contributed by atoms with E-state index in [0.29, 0.717) is 24.0 Å². The predicted octanol–water partition coefficient (Wildman–Crippen LogP) is 3.77. The molecule has 4 nitrogen and oxygen atoms in total. The standard InChI is InChI=1S/C21H36N2O2.ClH/c1-16-5-7-18(8-6-16)25-19-9-12-23(13-10-19)20(24)21-11-3-2-4-17(21)14-22-15-21;/h16-19,22H,2-15H2,1H3;1H/t16?,17-,18?,21+;/m0./s1. The molecule has 0 aromatic rings. The fourth-order valence-electron chi connectivity index (χ4n) is 5.82. The van der Waals surface area contributed by atoms with E-state index < -0.39 is 0 Å². The molecule has 0 spiro atoms. The Bertz CT molecular complexity index is 473. The zero-order chi connectivity index (χ0) is 17.3. The first kappa shape index (κ1) is 20.4. The van der Waals surface area contributed by atoms with Gasteiger partial charge in [0.15, 0.2) is 0 Å². The van der Waals surface area contributed by atoms with Crippen molar-refractivity contribution in [3.63, 3.8) is 0 Å². The Balaban J connectivity index is 0.00000196. The summed E-state index contributed by atoms with van der Waals surface area (Å²) >= 11 is 0. The van der Waals surface area contributed by atoms with Crippen LogP contribution in [0.3, 0.4) is 0 Å². The Morgan fingerprint density at radius 2 is 1.69 bits per heavy atom. The number of hydrogen-bond acceptors (Lipinski definition) is 3. The molecule has 2 atom stereocenters. The van der Waals surface area contributed by atoms with Crippen molar-refractivity contribution in [1.29, 1.82) is 0 Å². The molecule has 0 aromatic carbocycles. The number of carbonyl (C=O) groups is 1. The van der Waals surface area contributed by atoms with Gasteiger partial charge < -0.3 is 15.0 Å². The SMILES string of the molecule is CC1CCC(OC2CCN(C(=O)[C@@]34CCCC[C@H]3CNC4)CC2)CC1.Cl. The topological polar surface area (TPSA) is 41.6 Å². The van der Waals surface area contributed by atoms with Gasteiger partial charge in [-0.25, -0.2) is 0 Å². The lowest BCUT2D eigenvalue weighted by Gasteiger charge is -2.43. The number of halogens is 1. The second-order valence-corrected chi connectivity index (χ2v) is 9.24. The minimum absolute atomic E-state index is 0. The van der Waals surface area contributed by atoms with Crippen LogP contribution in [0.15, 0.2) is 0 Å². The Kier molecular flexibility index (Phi) is 6.90. The van der Waals surface area contributed by atoms with Crippen molar-refractivity contribution in [3.8, 4) is 0 Å². The van der Waals surface area contributed by atoms with E-state index in [1.807, 2.05) is 0 Å². The summed E-state index contributed by atoms with van der Waals surface area (Å²) in [6.45, 7) is 6.12. The highest BCUT2D eigenvalue weighted by Crippen LogP contribution is 2.45. The number of likely N-dealkylation sites (tertiary alicyclic amines) is 1. The van der Waals surface area contributed by atoms with E-state index in [1.165, 1.54) is 44.9 Å². The number of piperidine rings is 1. The molecule has 2 heterocycles. The van der Waals surface area contributed by atoms with Gasteiger partial charge in [-0.05, 0) is 69.7 Å². The molecule has 0 aromatic heterocycles. The number of amides is 1. The van der Waals surface area contributed by atoms with Crippen LogP contribution in [0.25, 0.3) is 0 Å². The molecule has 0 unspecified atom stereocenters. The molecule has 1 amide bonds. The maximum atomic E-state index is 13.3. The van der Waals surface area contributed by atoms with Crippen molar-refractivity contribution < 1.29 is 9.53 Å². The van der Waals surface area contributed by atoms with E-state index in [4.69, 9.17) is 4.74 Å². The van der Waals surface area contributed by atoms with Gasteiger partial charge in [-0.3, -0.25) is 4.79 Å². The molecule has 0 radical (unpaired) electrons. The van der Waals surface area contributed by atoms with Gasteiger partial charge in [0, 0.05) is 19.6 Å². The predicted molar refractivity (Wildman–Crippen MR) is 107 cm³/mol. The molecule has 2 saturated heterocycles. The van der Waals surface area contributed by atoms with Crippen LogP contribution in [0.4, 0.5) is 0 Å². The summed E-state index contributed by atoms with van der Waals surface area (Å²) in [5.41, 5.74) is -0.0779. The number of ether oxygens (including phenoxy) is 1. The molecule has 2 saturated carbocycles. The largest absolute Gasteiger partial charge is 0.375 e. The van der Waals surface area contributed by atoms with E-state index in [1.54, 1.807) is 0 Å². The summed E-state index contributed by atoms with van der Waals surface area (Å²) in [4.78, 5) is 15.5.